The van der Waals surface area contributed by atoms with E-state index in [4.69, 9.17) is 21.1 Å². The third-order valence-corrected chi connectivity index (χ3v) is 5.06. The Balaban J connectivity index is 2.04. The Bertz CT molecular complexity index is 1270. The second-order valence-electron chi connectivity index (χ2n) is 6.26. The van der Waals surface area contributed by atoms with Crippen molar-refractivity contribution in [3.63, 3.8) is 0 Å². The molecule has 10 nitrogen and oxygen atoms in total. The molecule has 0 aliphatic carbocycles. The zero-order chi connectivity index (χ0) is 20.3. The number of aromatic nitrogens is 4. The van der Waals surface area contributed by atoms with Crippen molar-refractivity contribution in [2.75, 3.05) is 19.1 Å². The number of ether oxygens (including phenoxy) is 2. The average Bonchev–Trinajstić information content (AvgIpc) is 3.19. The Labute approximate surface area is 163 Å². The molecule has 11 heteroatoms. The Morgan fingerprint density at radius 1 is 1.04 bits per heavy atom. The largest absolute Gasteiger partial charge is 0.495 e. The number of imidazole rings is 1. The fourth-order valence-electron chi connectivity index (χ4n) is 3.33. The third kappa shape index (κ3) is 2.27. The van der Waals surface area contributed by atoms with Crippen molar-refractivity contribution in [2.45, 2.75) is 6.54 Å². The van der Waals surface area contributed by atoms with Gasteiger partial charge in [0, 0.05) is 26.2 Å². The molecule has 1 aliphatic heterocycles. The van der Waals surface area contributed by atoms with E-state index in [0.717, 1.165) is 4.57 Å². The van der Waals surface area contributed by atoms with Crippen LogP contribution in [0.3, 0.4) is 0 Å². The van der Waals surface area contributed by atoms with E-state index in [-0.39, 0.29) is 29.6 Å². The molecule has 0 bridgehead atoms. The van der Waals surface area contributed by atoms with Crippen molar-refractivity contribution < 1.29 is 14.3 Å². The second-order valence-corrected chi connectivity index (χ2v) is 6.67. The number of nitrogens with zero attached hydrogens (tertiary/aromatic N) is 5. The van der Waals surface area contributed by atoms with Gasteiger partial charge in [-0.15, -0.1) is 0 Å². The molecule has 0 spiro atoms. The lowest BCUT2D eigenvalue weighted by molar-refractivity contribution is -0.117. The highest BCUT2D eigenvalue weighted by Gasteiger charge is 2.36. The Kier molecular flexibility index (Phi) is 3.96. The van der Waals surface area contributed by atoms with Gasteiger partial charge in [-0.2, -0.15) is 4.98 Å². The van der Waals surface area contributed by atoms with Crippen LogP contribution in [0.1, 0.15) is 0 Å². The van der Waals surface area contributed by atoms with Crippen molar-refractivity contribution in [1.82, 2.24) is 18.7 Å². The number of aryl methyl sites for hydroxylation is 1. The van der Waals surface area contributed by atoms with Crippen molar-refractivity contribution in [2.24, 2.45) is 14.1 Å². The first-order valence-electron chi connectivity index (χ1n) is 8.20. The second kappa shape index (κ2) is 6.13. The number of anilines is 2. The number of benzene rings is 1. The van der Waals surface area contributed by atoms with Gasteiger partial charge in [-0.05, 0) is 0 Å². The summed E-state index contributed by atoms with van der Waals surface area (Å²) in [5, 5.41) is 0.319. The molecule has 3 heterocycles. The minimum absolute atomic E-state index is 0.104. The summed E-state index contributed by atoms with van der Waals surface area (Å²) in [5.74, 6) is 0.577. The van der Waals surface area contributed by atoms with E-state index in [1.807, 2.05) is 0 Å². The van der Waals surface area contributed by atoms with Crippen LogP contribution in [0.4, 0.5) is 11.6 Å². The number of hydrogen-bond acceptors (Lipinski definition) is 6. The van der Waals surface area contributed by atoms with Gasteiger partial charge in [-0.1, -0.05) is 11.6 Å². The van der Waals surface area contributed by atoms with Gasteiger partial charge >= 0.3 is 5.69 Å². The molecule has 0 atom stereocenters. The van der Waals surface area contributed by atoms with E-state index < -0.39 is 11.2 Å². The van der Waals surface area contributed by atoms with Crippen LogP contribution in [0.15, 0.2) is 21.7 Å². The van der Waals surface area contributed by atoms with Gasteiger partial charge in [-0.25, -0.2) is 9.69 Å². The van der Waals surface area contributed by atoms with Gasteiger partial charge in [0.15, 0.2) is 11.2 Å². The van der Waals surface area contributed by atoms with E-state index >= 15 is 0 Å². The molecule has 0 radical (unpaired) electrons. The summed E-state index contributed by atoms with van der Waals surface area (Å²) in [5.41, 5.74) is -0.287. The number of rotatable bonds is 3. The maximum absolute atomic E-state index is 12.8. The fourth-order valence-corrected chi connectivity index (χ4v) is 3.56. The first-order chi connectivity index (χ1) is 13.3. The van der Waals surface area contributed by atoms with Gasteiger partial charge in [-0.3, -0.25) is 23.3 Å². The van der Waals surface area contributed by atoms with Crippen molar-refractivity contribution in [3.8, 4) is 11.5 Å². The molecule has 0 N–H and O–H groups in total. The lowest BCUT2D eigenvalue weighted by Gasteiger charge is -2.19. The van der Waals surface area contributed by atoms with Gasteiger partial charge in [0.25, 0.3) is 11.5 Å². The van der Waals surface area contributed by atoms with Gasteiger partial charge in [0.2, 0.25) is 5.95 Å². The lowest BCUT2D eigenvalue weighted by Crippen LogP contribution is -2.37. The van der Waals surface area contributed by atoms with Crippen LogP contribution in [0, 0.1) is 0 Å². The number of carbonyl (C=O) groups excluding carboxylic acids is 1. The maximum Gasteiger partial charge on any atom is 0.332 e. The molecule has 2 aromatic heterocycles. The summed E-state index contributed by atoms with van der Waals surface area (Å²) in [4.78, 5) is 43.4. The van der Waals surface area contributed by atoms with Crippen LogP contribution < -0.4 is 25.6 Å². The molecule has 28 heavy (non-hydrogen) atoms. The lowest BCUT2D eigenvalue weighted by atomic mass is 10.2. The molecular weight excluding hydrogens is 390 g/mol. The minimum Gasteiger partial charge on any atom is -0.495 e. The highest BCUT2D eigenvalue weighted by Crippen LogP contribution is 2.42. The number of halogens is 1. The first kappa shape index (κ1) is 18.1. The number of fused-ring (bicyclic) bond motifs is 3. The summed E-state index contributed by atoms with van der Waals surface area (Å²) in [6.07, 6.45) is 0. The third-order valence-electron chi connectivity index (χ3n) is 4.76. The summed E-state index contributed by atoms with van der Waals surface area (Å²) in [6.45, 7) is -0.104. The highest BCUT2D eigenvalue weighted by atomic mass is 35.5. The number of carbonyl (C=O) groups is 1. The summed E-state index contributed by atoms with van der Waals surface area (Å²) in [7, 11) is 5.80. The van der Waals surface area contributed by atoms with Crippen molar-refractivity contribution >= 4 is 40.3 Å². The van der Waals surface area contributed by atoms with E-state index in [9.17, 15) is 14.4 Å². The highest BCUT2D eigenvalue weighted by molar-refractivity contribution is 6.32. The van der Waals surface area contributed by atoms with Crippen LogP contribution >= 0.6 is 11.6 Å². The summed E-state index contributed by atoms with van der Waals surface area (Å²) in [6, 6.07) is 3.09. The van der Waals surface area contributed by atoms with E-state index in [1.165, 1.54) is 48.4 Å². The molecule has 146 valence electrons. The standard InChI is InChI=1S/C17H16ClN5O5/c1-20-14-13(15(25)21(2)17(20)26)22-7-12(24)23(16(22)19-14)9-6-10(27-3)8(18)5-11(9)28-4/h5-6H,7H2,1-4H3. The molecule has 0 saturated carbocycles. The van der Waals surface area contributed by atoms with Crippen LogP contribution in [0.25, 0.3) is 11.2 Å². The molecule has 1 aliphatic rings. The Morgan fingerprint density at radius 2 is 1.71 bits per heavy atom. The first-order valence-corrected chi connectivity index (χ1v) is 8.58. The summed E-state index contributed by atoms with van der Waals surface area (Å²) < 4.78 is 14.4. The van der Waals surface area contributed by atoms with Gasteiger partial charge in [0.05, 0.1) is 24.9 Å². The fraction of sp³-hybridized carbons (Fsp3) is 0.294. The van der Waals surface area contributed by atoms with Crippen molar-refractivity contribution in [3.05, 3.63) is 38.0 Å². The topological polar surface area (TPSA) is 101 Å². The predicted octanol–water partition coefficient (Wildman–Crippen LogP) is 0.783. The smallest absolute Gasteiger partial charge is 0.332 e. The quantitative estimate of drug-likeness (QED) is 0.638. The molecule has 1 aromatic carbocycles. The predicted molar refractivity (Wildman–Crippen MR) is 102 cm³/mol. The molecule has 0 fully saturated rings. The Hall–Kier alpha value is -3.27. The minimum atomic E-state index is -0.521. The van der Waals surface area contributed by atoms with Crippen LogP contribution in [0.2, 0.25) is 5.02 Å². The number of methoxy groups -OCH3 is 2. The van der Waals surface area contributed by atoms with E-state index in [1.54, 1.807) is 6.07 Å². The van der Waals surface area contributed by atoms with Gasteiger partial charge < -0.3 is 9.47 Å². The van der Waals surface area contributed by atoms with E-state index in [0.29, 0.717) is 22.2 Å². The number of amides is 1. The molecule has 0 unspecified atom stereocenters. The summed E-state index contributed by atoms with van der Waals surface area (Å²) >= 11 is 6.15. The zero-order valence-electron chi connectivity index (χ0n) is 15.5. The molecule has 3 aromatic rings. The molecule has 4 rings (SSSR count). The average molecular weight is 406 g/mol. The van der Waals surface area contributed by atoms with Crippen LogP contribution in [0.5, 0.6) is 11.5 Å². The van der Waals surface area contributed by atoms with E-state index in [2.05, 4.69) is 4.98 Å². The molecular formula is C17H16ClN5O5. The Morgan fingerprint density at radius 3 is 2.36 bits per heavy atom. The normalized spacial score (nSPS) is 13.3. The zero-order valence-corrected chi connectivity index (χ0v) is 16.3. The molecule has 1 amide bonds. The number of hydrogen-bond donors (Lipinski definition) is 0. The van der Waals surface area contributed by atoms with Gasteiger partial charge in [0.1, 0.15) is 18.0 Å². The monoisotopic (exact) mass is 405 g/mol. The maximum atomic E-state index is 12.8. The van der Waals surface area contributed by atoms with Crippen LogP contribution in [-0.4, -0.2) is 38.8 Å². The molecule has 0 saturated heterocycles. The van der Waals surface area contributed by atoms with Crippen molar-refractivity contribution in [1.29, 1.82) is 0 Å². The van der Waals surface area contributed by atoms with Crippen LogP contribution in [-0.2, 0) is 25.4 Å². The SMILES string of the molecule is COc1cc(N2C(=O)Cn3c2nc2c3c(=O)n(C)c(=O)n2C)c(OC)cc1Cl.